The quantitative estimate of drug-likeness (QED) is 0.625. The van der Waals surface area contributed by atoms with E-state index in [0.29, 0.717) is 11.5 Å². The normalized spacial score (nSPS) is 10.8. The molecule has 5 nitrogen and oxygen atoms in total. The molecule has 1 amide bonds. The average molecular weight is 368 g/mol. The molecule has 26 heavy (non-hydrogen) atoms. The monoisotopic (exact) mass is 367 g/mol. The average Bonchev–Trinajstić information content (AvgIpc) is 3.11. The maximum Gasteiger partial charge on any atom is 0.335 e. The summed E-state index contributed by atoms with van der Waals surface area (Å²) in [5.41, 5.74) is 1.20. The van der Waals surface area contributed by atoms with Gasteiger partial charge in [-0.25, -0.2) is 4.79 Å². The van der Waals surface area contributed by atoms with Gasteiger partial charge in [-0.1, -0.05) is 41.9 Å². The highest BCUT2D eigenvalue weighted by Gasteiger charge is 2.09. The van der Waals surface area contributed by atoms with Crippen molar-refractivity contribution in [3.05, 3.63) is 83.1 Å². The summed E-state index contributed by atoms with van der Waals surface area (Å²) in [6.45, 7) is 0. The van der Waals surface area contributed by atoms with E-state index in [2.05, 4.69) is 5.32 Å². The second-order valence-corrected chi connectivity index (χ2v) is 5.80. The highest BCUT2D eigenvalue weighted by molar-refractivity contribution is 6.34. The van der Waals surface area contributed by atoms with E-state index >= 15 is 0 Å². The smallest absolute Gasteiger partial charge is 0.335 e. The number of carbonyl (C=O) groups is 2. The van der Waals surface area contributed by atoms with Crippen LogP contribution in [-0.4, -0.2) is 17.0 Å². The number of halogens is 1. The molecule has 0 aliphatic rings. The Morgan fingerprint density at radius 3 is 2.54 bits per heavy atom. The molecule has 0 radical (unpaired) electrons. The Morgan fingerprint density at radius 1 is 1.04 bits per heavy atom. The highest BCUT2D eigenvalue weighted by atomic mass is 35.5. The van der Waals surface area contributed by atoms with E-state index in [1.54, 1.807) is 6.07 Å². The van der Waals surface area contributed by atoms with Crippen LogP contribution in [0, 0.1) is 0 Å². The number of carboxylic acids is 1. The van der Waals surface area contributed by atoms with Crippen molar-refractivity contribution in [1.29, 1.82) is 0 Å². The van der Waals surface area contributed by atoms with Crippen LogP contribution in [0.15, 0.2) is 71.2 Å². The summed E-state index contributed by atoms with van der Waals surface area (Å²) in [5.74, 6) is -0.337. The highest BCUT2D eigenvalue weighted by Crippen LogP contribution is 2.24. The van der Waals surface area contributed by atoms with Crippen LogP contribution >= 0.6 is 11.6 Å². The fourth-order valence-corrected chi connectivity index (χ4v) is 2.45. The molecule has 3 aromatic rings. The number of nitrogens with one attached hydrogen (secondary N) is 1. The van der Waals surface area contributed by atoms with Gasteiger partial charge in [0.25, 0.3) is 0 Å². The van der Waals surface area contributed by atoms with Crippen molar-refractivity contribution < 1.29 is 19.1 Å². The number of hydrogen-bond acceptors (Lipinski definition) is 3. The lowest BCUT2D eigenvalue weighted by Crippen LogP contribution is -2.09. The number of furan rings is 1. The predicted octanol–water partition coefficient (Wildman–Crippen LogP) is 4.95. The maximum atomic E-state index is 12.1. The molecule has 3 rings (SSSR count). The molecular weight excluding hydrogens is 354 g/mol. The minimum Gasteiger partial charge on any atom is -0.478 e. The van der Waals surface area contributed by atoms with Crippen molar-refractivity contribution in [2.45, 2.75) is 0 Å². The Labute approximate surface area is 154 Å². The minimum atomic E-state index is -1.10. The van der Waals surface area contributed by atoms with E-state index in [1.165, 1.54) is 30.4 Å². The molecule has 0 saturated heterocycles. The summed E-state index contributed by atoms with van der Waals surface area (Å²) in [6, 6.07) is 17.3. The number of anilines is 1. The summed E-state index contributed by atoms with van der Waals surface area (Å²) in [7, 11) is 0. The van der Waals surface area contributed by atoms with Gasteiger partial charge >= 0.3 is 5.97 Å². The number of aromatic carboxylic acids is 1. The second-order valence-electron chi connectivity index (χ2n) is 5.39. The third kappa shape index (κ3) is 4.20. The second kappa shape index (κ2) is 7.72. The van der Waals surface area contributed by atoms with Crippen LogP contribution in [0.5, 0.6) is 0 Å². The van der Waals surface area contributed by atoms with Crippen molar-refractivity contribution in [3.63, 3.8) is 0 Å². The molecule has 0 aliphatic carbocycles. The Balaban J connectivity index is 1.70. The third-order valence-corrected chi connectivity index (χ3v) is 3.88. The van der Waals surface area contributed by atoms with E-state index < -0.39 is 11.9 Å². The fraction of sp³-hybridized carbons (Fsp3) is 0. The van der Waals surface area contributed by atoms with Crippen molar-refractivity contribution >= 4 is 35.2 Å². The molecule has 1 aromatic heterocycles. The molecule has 2 aromatic carbocycles. The van der Waals surface area contributed by atoms with Gasteiger partial charge in [0.05, 0.1) is 16.3 Å². The lowest BCUT2D eigenvalue weighted by atomic mass is 10.2. The van der Waals surface area contributed by atoms with Crippen LogP contribution in [0.3, 0.4) is 0 Å². The molecular formula is C20H14ClNO4. The molecule has 130 valence electrons. The van der Waals surface area contributed by atoms with Crippen molar-refractivity contribution in [2.24, 2.45) is 0 Å². The van der Waals surface area contributed by atoms with Gasteiger partial charge in [0, 0.05) is 11.6 Å². The molecule has 0 saturated carbocycles. The number of hydrogen-bond donors (Lipinski definition) is 2. The summed E-state index contributed by atoms with van der Waals surface area (Å²) in [5, 5.41) is 11.8. The van der Waals surface area contributed by atoms with Crippen LogP contribution in [0.4, 0.5) is 5.69 Å². The largest absolute Gasteiger partial charge is 0.478 e. The molecule has 0 fully saturated rings. The van der Waals surface area contributed by atoms with Gasteiger partial charge in [-0.3, -0.25) is 4.79 Å². The zero-order valence-corrected chi connectivity index (χ0v) is 14.2. The van der Waals surface area contributed by atoms with Gasteiger partial charge in [0.1, 0.15) is 11.5 Å². The zero-order valence-electron chi connectivity index (χ0n) is 13.5. The molecule has 1 heterocycles. The fourth-order valence-electron chi connectivity index (χ4n) is 2.29. The van der Waals surface area contributed by atoms with Gasteiger partial charge in [-0.15, -0.1) is 0 Å². The van der Waals surface area contributed by atoms with Crippen LogP contribution in [0.2, 0.25) is 5.02 Å². The molecule has 2 N–H and O–H groups in total. The summed E-state index contributed by atoms with van der Waals surface area (Å²) >= 11 is 5.98. The topological polar surface area (TPSA) is 79.5 Å². The molecule has 0 spiro atoms. The molecule has 0 atom stereocenters. The lowest BCUT2D eigenvalue weighted by molar-refractivity contribution is -0.111. The number of benzene rings is 2. The number of amides is 1. The van der Waals surface area contributed by atoms with Crippen molar-refractivity contribution in [1.82, 2.24) is 0 Å². The zero-order chi connectivity index (χ0) is 18.5. The Kier molecular flexibility index (Phi) is 5.20. The Hall–Kier alpha value is -3.31. The Morgan fingerprint density at radius 2 is 1.81 bits per heavy atom. The minimum absolute atomic E-state index is 0.0345. The molecule has 6 heteroatoms. The van der Waals surface area contributed by atoms with Gasteiger partial charge < -0.3 is 14.8 Å². The van der Waals surface area contributed by atoms with E-state index in [1.807, 2.05) is 36.4 Å². The first-order valence-corrected chi connectivity index (χ1v) is 8.08. The maximum absolute atomic E-state index is 12.1. The number of carboxylic acid groups (broad SMARTS) is 1. The molecule has 0 aliphatic heterocycles. The lowest BCUT2D eigenvalue weighted by Gasteiger charge is -2.05. The SMILES string of the molecule is O=C(/C=C/c1ccc(-c2ccccc2)o1)Nc1cc(C(=O)O)ccc1Cl. The van der Waals surface area contributed by atoms with Crippen molar-refractivity contribution in [3.8, 4) is 11.3 Å². The van der Waals surface area contributed by atoms with Crippen LogP contribution < -0.4 is 5.32 Å². The van der Waals surface area contributed by atoms with Gasteiger partial charge in [-0.05, 0) is 36.4 Å². The van der Waals surface area contributed by atoms with Crippen LogP contribution in [-0.2, 0) is 4.79 Å². The van der Waals surface area contributed by atoms with Crippen molar-refractivity contribution in [2.75, 3.05) is 5.32 Å². The van der Waals surface area contributed by atoms with Gasteiger partial charge in [0.15, 0.2) is 0 Å². The van der Waals surface area contributed by atoms with Gasteiger partial charge in [0.2, 0.25) is 5.91 Å². The first-order valence-electron chi connectivity index (χ1n) is 7.70. The first-order chi connectivity index (χ1) is 12.5. The van der Waals surface area contributed by atoms with E-state index in [0.717, 1.165) is 5.56 Å². The Bertz CT molecular complexity index is 976. The first kappa shape index (κ1) is 17.5. The predicted molar refractivity (Wildman–Crippen MR) is 100 cm³/mol. The van der Waals surface area contributed by atoms with Gasteiger partial charge in [-0.2, -0.15) is 0 Å². The van der Waals surface area contributed by atoms with Crippen LogP contribution in [0.1, 0.15) is 16.1 Å². The van der Waals surface area contributed by atoms with E-state index in [-0.39, 0.29) is 16.3 Å². The molecule has 0 bridgehead atoms. The standard InChI is InChI=1S/C20H14ClNO4/c21-16-9-6-14(20(24)25)12-17(16)22-19(23)11-8-15-7-10-18(26-15)13-4-2-1-3-5-13/h1-12H,(H,22,23)(H,24,25)/b11-8+. The summed E-state index contributed by atoms with van der Waals surface area (Å²) in [4.78, 5) is 23.0. The van der Waals surface area contributed by atoms with E-state index in [9.17, 15) is 9.59 Å². The summed E-state index contributed by atoms with van der Waals surface area (Å²) in [6.07, 6.45) is 2.81. The van der Waals surface area contributed by atoms with Crippen LogP contribution in [0.25, 0.3) is 17.4 Å². The number of rotatable bonds is 5. The third-order valence-electron chi connectivity index (χ3n) is 3.56. The number of carbonyl (C=O) groups excluding carboxylic acids is 1. The van der Waals surface area contributed by atoms with E-state index in [4.69, 9.17) is 21.1 Å². The molecule has 0 unspecified atom stereocenters. The summed E-state index contributed by atoms with van der Waals surface area (Å²) < 4.78 is 5.67.